The van der Waals surface area contributed by atoms with E-state index in [0.717, 1.165) is 21.6 Å². The first-order chi connectivity index (χ1) is 13.8. The molecule has 0 saturated heterocycles. The van der Waals surface area contributed by atoms with Crippen molar-refractivity contribution >= 4 is 45.8 Å². The molecule has 0 aliphatic heterocycles. The van der Waals surface area contributed by atoms with Gasteiger partial charge in [0.1, 0.15) is 0 Å². The molecule has 0 aliphatic rings. The van der Waals surface area contributed by atoms with Crippen LogP contribution in [0.25, 0.3) is 32.9 Å². The van der Waals surface area contributed by atoms with Crippen LogP contribution < -0.4 is 13.9 Å². The second-order valence-electron chi connectivity index (χ2n) is 6.57. The summed E-state index contributed by atoms with van der Waals surface area (Å²) in [6.45, 7) is 0. The zero-order valence-electron chi connectivity index (χ0n) is 15.4. The molecule has 1 heterocycles. The molecule has 136 valence electrons. The van der Waals surface area contributed by atoms with Crippen LogP contribution in [-0.4, -0.2) is 22.1 Å². The number of furan rings is 1. The van der Waals surface area contributed by atoms with Crippen LogP contribution in [0.1, 0.15) is 0 Å². The van der Waals surface area contributed by atoms with Gasteiger partial charge in [-0.3, -0.25) is 0 Å². The standard InChI is InChI=1S/C25H18O2Se/c1-26-19-14-11-18(12-15-19)23-24-21-10-6-5-7-17(21)13-16-22(24)27-25(23)28-20-8-3-2-4-9-20/h2-16H,1H3. The van der Waals surface area contributed by atoms with Gasteiger partial charge in [0.15, 0.2) is 0 Å². The molecule has 3 heteroatoms. The van der Waals surface area contributed by atoms with Gasteiger partial charge in [-0.25, -0.2) is 0 Å². The maximum atomic E-state index is 6.42. The van der Waals surface area contributed by atoms with Crippen molar-refractivity contribution in [3.05, 3.63) is 91.0 Å². The number of methoxy groups -OCH3 is 1. The molecule has 0 amide bonds. The topological polar surface area (TPSA) is 22.4 Å². The molecule has 0 radical (unpaired) electrons. The van der Waals surface area contributed by atoms with E-state index in [0.29, 0.717) is 0 Å². The van der Waals surface area contributed by atoms with E-state index in [2.05, 4.69) is 78.9 Å². The number of ether oxygens (including phenoxy) is 1. The van der Waals surface area contributed by atoms with E-state index in [-0.39, 0.29) is 15.0 Å². The summed E-state index contributed by atoms with van der Waals surface area (Å²) in [6, 6.07) is 31.6. The Kier molecular flexibility index (Phi) is 4.40. The molecule has 0 atom stereocenters. The molecule has 5 rings (SSSR count). The average Bonchev–Trinajstić information content (AvgIpc) is 3.13. The normalized spacial score (nSPS) is 11.2. The van der Waals surface area contributed by atoms with Crippen molar-refractivity contribution in [3.8, 4) is 16.9 Å². The molecule has 0 fully saturated rings. The number of rotatable bonds is 4. The summed E-state index contributed by atoms with van der Waals surface area (Å²) < 4.78 is 14.1. The Bertz CT molecular complexity index is 1250. The first-order valence-electron chi connectivity index (χ1n) is 9.15. The summed E-state index contributed by atoms with van der Waals surface area (Å²) in [5.41, 5.74) is 3.29. The summed E-state index contributed by atoms with van der Waals surface area (Å²) in [5, 5.41) is 3.64. The van der Waals surface area contributed by atoms with E-state index in [1.54, 1.807) is 7.11 Å². The van der Waals surface area contributed by atoms with Gasteiger partial charge in [0.05, 0.1) is 0 Å². The van der Waals surface area contributed by atoms with E-state index in [9.17, 15) is 0 Å². The first-order valence-corrected chi connectivity index (χ1v) is 10.9. The summed E-state index contributed by atoms with van der Waals surface area (Å²) in [6.07, 6.45) is 0. The Labute approximate surface area is 169 Å². The van der Waals surface area contributed by atoms with E-state index in [1.807, 2.05) is 12.1 Å². The van der Waals surface area contributed by atoms with Crippen LogP contribution in [0.5, 0.6) is 5.75 Å². The number of hydrogen-bond acceptors (Lipinski definition) is 2. The average molecular weight is 429 g/mol. The van der Waals surface area contributed by atoms with Crippen LogP contribution >= 0.6 is 0 Å². The molecule has 4 aromatic carbocycles. The zero-order valence-corrected chi connectivity index (χ0v) is 17.1. The molecule has 0 saturated carbocycles. The third-order valence-corrected chi connectivity index (χ3v) is 6.94. The molecule has 1 aromatic heterocycles. The van der Waals surface area contributed by atoms with Gasteiger partial charge in [0, 0.05) is 0 Å². The van der Waals surface area contributed by atoms with Gasteiger partial charge in [-0.1, -0.05) is 0 Å². The Balaban J connectivity index is 1.79. The van der Waals surface area contributed by atoms with Crippen LogP contribution in [0.15, 0.2) is 95.4 Å². The summed E-state index contributed by atoms with van der Waals surface area (Å²) in [7, 11) is 1.69. The third kappa shape index (κ3) is 2.99. The minimum absolute atomic E-state index is 0.0800. The fraction of sp³-hybridized carbons (Fsp3) is 0.0400. The van der Waals surface area contributed by atoms with Crippen molar-refractivity contribution in [1.29, 1.82) is 0 Å². The van der Waals surface area contributed by atoms with Crippen LogP contribution in [0.4, 0.5) is 0 Å². The van der Waals surface area contributed by atoms with E-state index < -0.39 is 0 Å². The Morgan fingerprint density at radius 2 is 1.50 bits per heavy atom. The van der Waals surface area contributed by atoms with Crippen molar-refractivity contribution in [2.45, 2.75) is 0 Å². The Morgan fingerprint density at radius 1 is 0.750 bits per heavy atom. The Hall–Kier alpha value is -3.00. The molecular formula is C25H18O2Se. The maximum absolute atomic E-state index is 6.42. The van der Waals surface area contributed by atoms with Gasteiger partial charge in [-0.15, -0.1) is 0 Å². The van der Waals surface area contributed by atoms with Gasteiger partial charge >= 0.3 is 170 Å². The summed E-state index contributed by atoms with van der Waals surface area (Å²) in [5.74, 6) is 0.858. The van der Waals surface area contributed by atoms with Gasteiger partial charge in [-0.2, -0.15) is 0 Å². The van der Waals surface area contributed by atoms with Gasteiger partial charge in [0.25, 0.3) is 0 Å². The van der Waals surface area contributed by atoms with Crippen molar-refractivity contribution in [1.82, 2.24) is 0 Å². The second kappa shape index (κ2) is 7.20. The molecule has 0 N–H and O–H groups in total. The van der Waals surface area contributed by atoms with E-state index >= 15 is 0 Å². The fourth-order valence-electron chi connectivity index (χ4n) is 3.53. The third-order valence-electron chi connectivity index (χ3n) is 4.88. The van der Waals surface area contributed by atoms with Crippen LogP contribution in [-0.2, 0) is 0 Å². The van der Waals surface area contributed by atoms with Gasteiger partial charge in [-0.05, 0) is 0 Å². The molecule has 0 aliphatic carbocycles. The molecule has 5 aromatic rings. The van der Waals surface area contributed by atoms with Crippen LogP contribution in [0, 0.1) is 0 Å². The SMILES string of the molecule is COc1ccc(-c2c([Se]c3ccccc3)oc3ccc4ccccc4c23)cc1. The fourth-order valence-corrected chi connectivity index (χ4v) is 5.55. The molecular weight excluding hydrogens is 411 g/mol. The molecule has 0 unspecified atom stereocenters. The monoisotopic (exact) mass is 430 g/mol. The predicted octanol–water partition coefficient (Wildman–Crippen LogP) is 4.92. The van der Waals surface area contributed by atoms with Crippen molar-refractivity contribution < 1.29 is 9.15 Å². The Morgan fingerprint density at radius 3 is 2.29 bits per heavy atom. The molecule has 28 heavy (non-hydrogen) atoms. The van der Waals surface area contributed by atoms with Gasteiger partial charge < -0.3 is 0 Å². The number of hydrogen-bond donors (Lipinski definition) is 0. The number of fused-ring (bicyclic) bond motifs is 3. The molecule has 0 spiro atoms. The quantitative estimate of drug-likeness (QED) is 0.379. The number of benzene rings is 4. The minimum atomic E-state index is 0.0800. The molecule has 0 bridgehead atoms. The van der Waals surface area contributed by atoms with Crippen molar-refractivity contribution in [2.24, 2.45) is 0 Å². The summed E-state index contributed by atoms with van der Waals surface area (Å²) in [4.78, 5) is 0. The first kappa shape index (κ1) is 17.1. The van der Waals surface area contributed by atoms with E-state index in [4.69, 9.17) is 9.15 Å². The van der Waals surface area contributed by atoms with Gasteiger partial charge in [0.2, 0.25) is 0 Å². The second-order valence-corrected chi connectivity index (χ2v) is 8.76. The zero-order chi connectivity index (χ0) is 18.9. The molecule has 2 nitrogen and oxygen atoms in total. The van der Waals surface area contributed by atoms with Crippen LogP contribution in [0.3, 0.4) is 0 Å². The van der Waals surface area contributed by atoms with Crippen LogP contribution in [0.2, 0.25) is 0 Å². The van der Waals surface area contributed by atoms with Crippen molar-refractivity contribution in [3.63, 3.8) is 0 Å². The predicted molar refractivity (Wildman–Crippen MR) is 117 cm³/mol. The van der Waals surface area contributed by atoms with Crippen molar-refractivity contribution in [2.75, 3.05) is 7.11 Å². The summed E-state index contributed by atoms with van der Waals surface area (Å²) >= 11 is 0.0800. The van der Waals surface area contributed by atoms with E-state index in [1.165, 1.54) is 26.2 Å².